The third-order valence-corrected chi connectivity index (χ3v) is 2.79. The lowest BCUT2D eigenvalue weighted by Gasteiger charge is -2.01. The molecule has 0 spiro atoms. The van der Waals surface area contributed by atoms with Crippen LogP contribution in [0.5, 0.6) is 0 Å². The summed E-state index contributed by atoms with van der Waals surface area (Å²) in [6, 6.07) is 0. The summed E-state index contributed by atoms with van der Waals surface area (Å²) in [5.41, 5.74) is 0.982. The number of nitrogens with one attached hydrogen (secondary N) is 1. The molecule has 1 N–H and O–H groups in total. The normalized spacial score (nSPS) is 10.5. The van der Waals surface area contributed by atoms with Gasteiger partial charge in [0.1, 0.15) is 5.01 Å². The fourth-order valence-electron chi connectivity index (χ4n) is 1.12. The van der Waals surface area contributed by atoms with Crippen LogP contribution in [0.2, 0.25) is 0 Å². The molecular formula is C10H16N2O2S. The maximum absolute atomic E-state index is 11.4. The molecule has 0 aliphatic carbocycles. The van der Waals surface area contributed by atoms with Crippen molar-refractivity contribution in [2.45, 2.75) is 13.3 Å². The van der Waals surface area contributed by atoms with E-state index in [1.165, 1.54) is 11.3 Å². The lowest BCUT2D eigenvalue weighted by Crippen LogP contribution is -2.27. The van der Waals surface area contributed by atoms with Crippen LogP contribution in [-0.2, 0) is 16.0 Å². The van der Waals surface area contributed by atoms with Crippen molar-refractivity contribution in [2.75, 3.05) is 26.8 Å². The van der Waals surface area contributed by atoms with E-state index in [2.05, 4.69) is 10.3 Å². The molecule has 0 saturated heterocycles. The highest BCUT2D eigenvalue weighted by molar-refractivity contribution is 7.09. The third kappa shape index (κ3) is 5.01. The topological polar surface area (TPSA) is 51.2 Å². The van der Waals surface area contributed by atoms with Crippen molar-refractivity contribution in [3.63, 3.8) is 0 Å². The van der Waals surface area contributed by atoms with Crippen molar-refractivity contribution in [3.05, 3.63) is 16.1 Å². The Hall–Kier alpha value is -0.780. The van der Waals surface area contributed by atoms with E-state index in [1.807, 2.05) is 12.3 Å². The number of ether oxygens (including phenoxy) is 1. The Labute approximate surface area is 93.7 Å². The summed E-state index contributed by atoms with van der Waals surface area (Å²) in [4.78, 5) is 15.7. The lowest BCUT2D eigenvalue weighted by atomic mass is 10.3. The zero-order valence-electron chi connectivity index (χ0n) is 9.08. The highest BCUT2D eigenvalue weighted by atomic mass is 32.1. The van der Waals surface area contributed by atoms with Gasteiger partial charge in [0.15, 0.2) is 5.78 Å². The van der Waals surface area contributed by atoms with Crippen molar-refractivity contribution in [2.24, 2.45) is 0 Å². The predicted molar refractivity (Wildman–Crippen MR) is 60.3 cm³/mol. The number of Topliss-reactive ketones (excluding diaryl/α,β-unsaturated/α-hetero) is 1. The number of carbonyl (C=O) groups excluding carboxylic acids is 1. The maximum Gasteiger partial charge on any atom is 0.153 e. The number of hydrogen-bond acceptors (Lipinski definition) is 5. The molecule has 0 bridgehead atoms. The number of nitrogens with zero attached hydrogens (tertiary/aromatic N) is 1. The SMILES string of the molecule is COCCNCC(=O)Cc1nc(C)cs1. The van der Waals surface area contributed by atoms with Gasteiger partial charge in [-0.2, -0.15) is 0 Å². The van der Waals surface area contributed by atoms with Crippen LogP contribution < -0.4 is 5.32 Å². The highest BCUT2D eigenvalue weighted by Crippen LogP contribution is 2.09. The number of hydrogen-bond donors (Lipinski definition) is 1. The molecule has 84 valence electrons. The number of methoxy groups -OCH3 is 1. The monoisotopic (exact) mass is 228 g/mol. The minimum Gasteiger partial charge on any atom is -0.383 e. The van der Waals surface area contributed by atoms with Gasteiger partial charge >= 0.3 is 0 Å². The van der Waals surface area contributed by atoms with E-state index < -0.39 is 0 Å². The van der Waals surface area contributed by atoms with Gasteiger partial charge in [0.25, 0.3) is 0 Å². The van der Waals surface area contributed by atoms with Gasteiger partial charge in [-0.15, -0.1) is 11.3 Å². The van der Waals surface area contributed by atoms with E-state index in [1.54, 1.807) is 7.11 Å². The van der Waals surface area contributed by atoms with Crippen molar-refractivity contribution in [1.82, 2.24) is 10.3 Å². The van der Waals surface area contributed by atoms with Crippen LogP contribution in [0.15, 0.2) is 5.38 Å². The van der Waals surface area contributed by atoms with E-state index >= 15 is 0 Å². The molecule has 0 fully saturated rings. The predicted octanol–water partition coefficient (Wildman–Crippen LogP) is 0.799. The van der Waals surface area contributed by atoms with Gasteiger partial charge in [0.2, 0.25) is 0 Å². The second-order valence-electron chi connectivity index (χ2n) is 3.27. The third-order valence-electron chi connectivity index (χ3n) is 1.82. The Morgan fingerprint density at radius 3 is 3.07 bits per heavy atom. The molecule has 4 nitrogen and oxygen atoms in total. The average Bonchev–Trinajstić information content (AvgIpc) is 2.59. The Morgan fingerprint density at radius 1 is 1.67 bits per heavy atom. The molecule has 1 aromatic rings. The molecule has 1 aromatic heterocycles. The summed E-state index contributed by atoms with van der Waals surface area (Å²) in [6.07, 6.45) is 0.429. The highest BCUT2D eigenvalue weighted by Gasteiger charge is 2.05. The molecule has 0 saturated carbocycles. The van der Waals surface area contributed by atoms with Gasteiger partial charge in [-0.1, -0.05) is 0 Å². The maximum atomic E-state index is 11.4. The molecule has 0 radical (unpaired) electrons. The molecule has 15 heavy (non-hydrogen) atoms. The molecule has 0 amide bonds. The smallest absolute Gasteiger partial charge is 0.153 e. The van der Waals surface area contributed by atoms with Gasteiger partial charge in [0, 0.05) is 24.7 Å². The zero-order valence-corrected chi connectivity index (χ0v) is 9.89. The molecular weight excluding hydrogens is 212 g/mol. The van der Waals surface area contributed by atoms with Gasteiger partial charge in [-0.3, -0.25) is 4.79 Å². The van der Waals surface area contributed by atoms with Crippen LogP contribution in [0.25, 0.3) is 0 Å². The van der Waals surface area contributed by atoms with Gasteiger partial charge in [-0.25, -0.2) is 4.98 Å². The number of ketones is 1. The van der Waals surface area contributed by atoms with E-state index in [4.69, 9.17) is 4.74 Å². The number of aryl methyl sites for hydroxylation is 1. The summed E-state index contributed by atoms with van der Waals surface area (Å²) in [5, 5.41) is 5.87. The summed E-state index contributed by atoms with van der Waals surface area (Å²) < 4.78 is 4.86. The van der Waals surface area contributed by atoms with Crippen molar-refractivity contribution in [1.29, 1.82) is 0 Å². The summed E-state index contributed by atoms with van der Waals surface area (Å²) in [7, 11) is 1.64. The lowest BCUT2D eigenvalue weighted by molar-refractivity contribution is -0.117. The Bertz CT molecular complexity index is 312. The summed E-state index contributed by atoms with van der Waals surface area (Å²) >= 11 is 1.54. The van der Waals surface area contributed by atoms with Crippen molar-refractivity contribution in [3.8, 4) is 0 Å². The fraction of sp³-hybridized carbons (Fsp3) is 0.600. The minimum atomic E-state index is 0.167. The molecule has 0 aliphatic rings. The Balaban J connectivity index is 2.18. The van der Waals surface area contributed by atoms with E-state index in [0.717, 1.165) is 10.7 Å². The average molecular weight is 228 g/mol. The van der Waals surface area contributed by atoms with E-state index in [9.17, 15) is 4.79 Å². The second kappa shape index (κ2) is 6.66. The van der Waals surface area contributed by atoms with Gasteiger partial charge < -0.3 is 10.1 Å². The fourth-order valence-corrected chi connectivity index (χ4v) is 1.92. The van der Waals surface area contributed by atoms with Crippen LogP contribution in [0.3, 0.4) is 0 Å². The first-order valence-corrected chi connectivity index (χ1v) is 5.72. The van der Waals surface area contributed by atoms with Crippen LogP contribution in [0.1, 0.15) is 10.7 Å². The number of aromatic nitrogens is 1. The number of rotatable bonds is 7. The standard InChI is InChI=1S/C10H16N2O2S/c1-8-7-15-10(12-8)5-9(13)6-11-3-4-14-2/h7,11H,3-6H2,1-2H3. The Kier molecular flexibility index (Phi) is 5.45. The van der Waals surface area contributed by atoms with E-state index in [0.29, 0.717) is 26.1 Å². The molecule has 0 aliphatic heterocycles. The van der Waals surface area contributed by atoms with Crippen molar-refractivity contribution < 1.29 is 9.53 Å². The Morgan fingerprint density at radius 2 is 2.47 bits per heavy atom. The molecule has 0 atom stereocenters. The van der Waals surface area contributed by atoms with Crippen LogP contribution in [0, 0.1) is 6.92 Å². The second-order valence-corrected chi connectivity index (χ2v) is 4.21. The van der Waals surface area contributed by atoms with Crippen LogP contribution in [0.4, 0.5) is 0 Å². The summed E-state index contributed by atoms with van der Waals surface area (Å²) in [5.74, 6) is 0.167. The molecule has 1 rings (SSSR count). The first kappa shape index (κ1) is 12.3. The molecule has 1 heterocycles. The molecule has 0 unspecified atom stereocenters. The molecule has 0 aromatic carbocycles. The van der Waals surface area contributed by atoms with Crippen molar-refractivity contribution >= 4 is 17.1 Å². The number of thiazole rings is 1. The van der Waals surface area contributed by atoms with Crippen LogP contribution >= 0.6 is 11.3 Å². The van der Waals surface area contributed by atoms with E-state index in [-0.39, 0.29) is 5.78 Å². The quantitative estimate of drug-likeness (QED) is 0.701. The zero-order chi connectivity index (χ0) is 11.1. The van der Waals surface area contributed by atoms with Gasteiger partial charge in [-0.05, 0) is 6.92 Å². The largest absolute Gasteiger partial charge is 0.383 e. The number of carbonyl (C=O) groups is 1. The summed E-state index contributed by atoms with van der Waals surface area (Å²) in [6.45, 7) is 3.66. The first-order chi connectivity index (χ1) is 7.22. The van der Waals surface area contributed by atoms with Crippen LogP contribution in [-0.4, -0.2) is 37.6 Å². The van der Waals surface area contributed by atoms with Gasteiger partial charge in [0.05, 0.1) is 19.6 Å². The first-order valence-electron chi connectivity index (χ1n) is 4.84. The minimum absolute atomic E-state index is 0.167. The molecule has 5 heteroatoms.